The van der Waals surface area contributed by atoms with Gasteiger partial charge in [0, 0.05) is 12.0 Å². The number of hydrogen-bond donors (Lipinski definition) is 1. The zero-order valence-corrected chi connectivity index (χ0v) is 15.9. The number of ketones is 1. The van der Waals surface area contributed by atoms with Gasteiger partial charge in [-0.1, -0.05) is 71.9 Å². The van der Waals surface area contributed by atoms with Crippen LogP contribution in [-0.2, 0) is 6.42 Å². The lowest BCUT2D eigenvalue weighted by molar-refractivity contribution is 0.102. The number of benzene rings is 2. The van der Waals surface area contributed by atoms with E-state index in [9.17, 15) is 9.59 Å². The Balaban J connectivity index is 1.57. The number of aryl methyl sites for hydroxylation is 1. The van der Waals surface area contributed by atoms with Crippen molar-refractivity contribution in [2.45, 2.75) is 18.5 Å². The molecule has 4 rings (SSSR count). The van der Waals surface area contributed by atoms with E-state index in [1.165, 1.54) is 16.3 Å². The number of hydrogen-bond acceptors (Lipinski definition) is 6. The number of nitrogens with zero attached hydrogens (tertiary/aromatic N) is 4. The van der Waals surface area contributed by atoms with Gasteiger partial charge in [0.2, 0.25) is 5.16 Å². The van der Waals surface area contributed by atoms with Crippen LogP contribution in [0.2, 0.25) is 0 Å². The van der Waals surface area contributed by atoms with Gasteiger partial charge in [-0.05, 0) is 12.5 Å². The first-order valence-electron chi connectivity index (χ1n) is 8.71. The molecule has 140 valence electrons. The second-order valence-corrected chi connectivity index (χ2v) is 7.30. The van der Waals surface area contributed by atoms with Crippen LogP contribution in [-0.4, -0.2) is 36.3 Å². The Morgan fingerprint density at radius 3 is 2.57 bits per heavy atom. The summed E-state index contributed by atoms with van der Waals surface area (Å²) in [7, 11) is 0. The summed E-state index contributed by atoms with van der Waals surface area (Å²) < 4.78 is 1.48. The lowest BCUT2D eigenvalue weighted by Crippen LogP contribution is -2.19. The zero-order valence-electron chi connectivity index (χ0n) is 15.1. The molecule has 7 nitrogen and oxygen atoms in total. The number of carbonyl (C=O) groups excluding carboxylic acids is 1. The topological polar surface area (TPSA) is 93.0 Å². The quantitative estimate of drug-likeness (QED) is 0.401. The molecule has 0 fully saturated rings. The van der Waals surface area contributed by atoms with E-state index in [1.807, 2.05) is 49.4 Å². The standard InChI is InChI=1S/C20H17N5O2S/c1-13-7-9-14(10-8-13)11-16-18(27)21-19-22-23-20(25(19)24-16)28-12-17(26)15-5-3-2-4-6-15/h2-10H,11-12H2,1H3,(H,21,22,27). The molecule has 0 saturated carbocycles. The molecule has 0 radical (unpaired) electrons. The first-order valence-corrected chi connectivity index (χ1v) is 9.70. The summed E-state index contributed by atoms with van der Waals surface area (Å²) >= 11 is 1.24. The molecule has 0 saturated heterocycles. The molecule has 1 N–H and O–H groups in total. The fraction of sp³-hybridized carbons (Fsp3) is 0.150. The smallest absolute Gasteiger partial charge is 0.274 e. The number of aromatic amines is 1. The van der Waals surface area contributed by atoms with Crippen molar-refractivity contribution >= 4 is 23.3 Å². The van der Waals surface area contributed by atoms with Crippen molar-refractivity contribution < 1.29 is 4.79 Å². The lowest BCUT2D eigenvalue weighted by Gasteiger charge is -2.03. The Labute approximate surface area is 164 Å². The normalized spacial score (nSPS) is 11.0. The molecule has 4 aromatic rings. The number of fused-ring (bicyclic) bond motifs is 1. The van der Waals surface area contributed by atoms with E-state index in [-0.39, 0.29) is 22.9 Å². The maximum absolute atomic E-state index is 12.3. The second kappa shape index (κ2) is 7.77. The molecular weight excluding hydrogens is 374 g/mol. The summed E-state index contributed by atoms with van der Waals surface area (Å²) in [6.07, 6.45) is 0.400. The first kappa shape index (κ1) is 18.1. The van der Waals surface area contributed by atoms with Crippen LogP contribution in [0.3, 0.4) is 0 Å². The van der Waals surface area contributed by atoms with E-state index in [2.05, 4.69) is 20.3 Å². The van der Waals surface area contributed by atoms with Crippen molar-refractivity contribution in [1.29, 1.82) is 0 Å². The third-order valence-electron chi connectivity index (χ3n) is 4.24. The molecule has 8 heteroatoms. The van der Waals surface area contributed by atoms with E-state index in [0.717, 1.165) is 11.1 Å². The summed E-state index contributed by atoms with van der Waals surface area (Å²) in [6.45, 7) is 2.01. The summed E-state index contributed by atoms with van der Waals surface area (Å²) in [5.41, 5.74) is 2.86. The highest BCUT2D eigenvalue weighted by molar-refractivity contribution is 7.99. The largest absolute Gasteiger partial charge is 0.293 e. The molecule has 0 aliphatic carbocycles. The van der Waals surface area contributed by atoms with E-state index >= 15 is 0 Å². The summed E-state index contributed by atoms with van der Waals surface area (Å²) in [5, 5.41) is 12.9. The number of nitrogens with one attached hydrogen (secondary N) is 1. The van der Waals surface area contributed by atoms with Crippen molar-refractivity contribution in [3.63, 3.8) is 0 Å². The van der Waals surface area contributed by atoms with Crippen LogP contribution in [0.5, 0.6) is 0 Å². The number of carbonyl (C=O) groups is 1. The van der Waals surface area contributed by atoms with Crippen LogP contribution in [0, 0.1) is 6.92 Å². The van der Waals surface area contributed by atoms with Gasteiger partial charge in [0.15, 0.2) is 5.78 Å². The van der Waals surface area contributed by atoms with Gasteiger partial charge in [-0.15, -0.1) is 10.2 Å². The minimum atomic E-state index is -0.294. The summed E-state index contributed by atoms with van der Waals surface area (Å²) in [5.74, 6) is 0.456. The highest BCUT2D eigenvalue weighted by Gasteiger charge is 2.14. The van der Waals surface area contributed by atoms with Crippen LogP contribution in [0.15, 0.2) is 64.5 Å². The summed E-state index contributed by atoms with van der Waals surface area (Å²) in [6, 6.07) is 17.0. The second-order valence-electron chi connectivity index (χ2n) is 6.36. The molecule has 0 bridgehead atoms. The molecular formula is C20H17N5O2S. The van der Waals surface area contributed by atoms with Gasteiger partial charge in [-0.3, -0.25) is 14.6 Å². The van der Waals surface area contributed by atoms with E-state index in [1.54, 1.807) is 12.1 Å². The monoisotopic (exact) mass is 391 g/mol. The van der Waals surface area contributed by atoms with Crippen LogP contribution >= 0.6 is 11.8 Å². The van der Waals surface area contributed by atoms with Gasteiger partial charge in [-0.25, -0.2) is 0 Å². The van der Waals surface area contributed by atoms with Gasteiger partial charge < -0.3 is 0 Å². The predicted octanol–water partition coefficient (Wildman–Crippen LogP) is 2.69. The molecule has 2 aromatic carbocycles. The van der Waals surface area contributed by atoms with Gasteiger partial charge in [-0.2, -0.15) is 9.61 Å². The highest BCUT2D eigenvalue weighted by atomic mass is 32.2. The fourth-order valence-corrected chi connectivity index (χ4v) is 3.49. The van der Waals surface area contributed by atoms with Crippen molar-refractivity contribution in [3.05, 3.63) is 87.3 Å². The zero-order chi connectivity index (χ0) is 19.5. The van der Waals surface area contributed by atoms with Crippen molar-refractivity contribution in [2.24, 2.45) is 0 Å². The fourth-order valence-electron chi connectivity index (χ4n) is 2.72. The van der Waals surface area contributed by atoms with E-state index < -0.39 is 0 Å². The van der Waals surface area contributed by atoms with Gasteiger partial charge in [0.1, 0.15) is 5.69 Å². The number of rotatable bonds is 6. The molecule has 0 atom stereocenters. The molecule has 2 aromatic heterocycles. The molecule has 0 spiro atoms. The maximum atomic E-state index is 12.3. The van der Waals surface area contributed by atoms with Crippen molar-refractivity contribution in [2.75, 3.05) is 5.75 Å². The number of thioether (sulfide) groups is 1. The summed E-state index contributed by atoms with van der Waals surface area (Å²) in [4.78, 5) is 27.3. The molecule has 28 heavy (non-hydrogen) atoms. The van der Waals surface area contributed by atoms with Crippen LogP contribution in [0.4, 0.5) is 0 Å². The Kier molecular flexibility index (Phi) is 5.03. The maximum Gasteiger partial charge on any atom is 0.274 e. The average molecular weight is 391 g/mol. The van der Waals surface area contributed by atoms with E-state index in [0.29, 0.717) is 22.8 Å². The van der Waals surface area contributed by atoms with Gasteiger partial charge in [0.05, 0.1) is 5.75 Å². The molecule has 0 aliphatic heterocycles. The molecule has 0 unspecified atom stereocenters. The minimum absolute atomic E-state index is 0.00773. The van der Waals surface area contributed by atoms with Crippen LogP contribution in [0.25, 0.3) is 5.78 Å². The third kappa shape index (κ3) is 3.86. The number of H-pyrrole nitrogens is 1. The SMILES string of the molecule is Cc1ccc(Cc2nn3c(SCC(=O)c4ccccc4)nnc3[nH]c2=O)cc1. The lowest BCUT2D eigenvalue weighted by atomic mass is 10.1. The number of Topliss-reactive ketones (excluding diaryl/α,β-unsaturated/α-hetero) is 1. The Morgan fingerprint density at radius 2 is 1.82 bits per heavy atom. The highest BCUT2D eigenvalue weighted by Crippen LogP contribution is 2.17. The van der Waals surface area contributed by atoms with Crippen LogP contribution in [0.1, 0.15) is 27.2 Å². The average Bonchev–Trinajstić information content (AvgIpc) is 3.10. The Bertz CT molecular complexity index is 1180. The number of aromatic nitrogens is 5. The van der Waals surface area contributed by atoms with Crippen molar-refractivity contribution in [1.82, 2.24) is 24.8 Å². The van der Waals surface area contributed by atoms with Gasteiger partial charge in [0.25, 0.3) is 11.3 Å². The molecule has 0 amide bonds. The first-order chi connectivity index (χ1) is 13.6. The van der Waals surface area contributed by atoms with Gasteiger partial charge >= 0.3 is 0 Å². The van der Waals surface area contributed by atoms with Crippen molar-refractivity contribution in [3.8, 4) is 0 Å². The van der Waals surface area contributed by atoms with Crippen LogP contribution < -0.4 is 5.56 Å². The predicted molar refractivity (Wildman–Crippen MR) is 107 cm³/mol. The Hall–Kier alpha value is -3.26. The minimum Gasteiger partial charge on any atom is -0.293 e. The molecule has 2 heterocycles. The third-order valence-corrected chi connectivity index (χ3v) is 5.16. The van der Waals surface area contributed by atoms with E-state index in [4.69, 9.17) is 0 Å². The molecule has 0 aliphatic rings. The Morgan fingerprint density at radius 1 is 1.07 bits per heavy atom.